The highest BCUT2D eigenvalue weighted by Crippen LogP contribution is 2.14. The minimum Gasteiger partial charge on any atom is -0.352 e. The lowest BCUT2D eigenvalue weighted by molar-refractivity contribution is 0.455. The van der Waals surface area contributed by atoms with Crippen molar-refractivity contribution in [3.63, 3.8) is 0 Å². The van der Waals surface area contributed by atoms with E-state index in [9.17, 15) is 8.42 Å². The third-order valence-electron chi connectivity index (χ3n) is 4.13. The van der Waals surface area contributed by atoms with Gasteiger partial charge in [0, 0.05) is 41.3 Å². The highest BCUT2D eigenvalue weighted by atomic mass is 127. The van der Waals surface area contributed by atoms with Crippen LogP contribution in [-0.2, 0) is 16.6 Å². The van der Waals surface area contributed by atoms with Crippen molar-refractivity contribution in [2.45, 2.75) is 37.1 Å². The number of halogens is 1. The average Bonchev–Trinajstić information content (AvgIpc) is 2.62. The zero-order valence-electron chi connectivity index (χ0n) is 16.8. The minimum absolute atomic E-state index is 0. The van der Waals surface area contributed by atoms with Gasteiger partial charge in [0.15, 0.2) is 5.96 Å². The summed E-state index contributed by atoms with van der Waals surface area (Å²) in [4.78, 5) is 6.72. The second kappa shape index (κ2) is 13.1. The first-order chi connectivity index (χ1) is 12.3. The summed E-state index contributed by atoms with van der Waals surface area (Å²) in [5.41, 5.74) is 1.00. The number of allylic oxidation sites excluding steroid dienone is 1. The standard InChI is InChI=1S/C19H32N4O2S.HI/c1-6-7-8-9-10-15-23(5)19(20-2)21-16-17-11-13-18(14-12-17)26(24,25)22(3)4;/h6,11-14H,1,7-10,15-16H2,2-5H3,(H,20,21);1H. The Morgan fingerprint density at radius 3 is 2.30 bits per heavy atom. The molecule has 27 heavy (non-hydrogen) atoms. The molecule has 1 rings (SSSR count). The molecule has 0 heterocycles. The summed E-state index contributed by atoms with van der Waals surface area (Å²) in [6.45, 7) is 5.27. The Kier molecular flexibility index (Phi) is 12.6. The maximum Gasteiger partial charge on any atom is 0.242 e. The molecular formula is C19H33IN4O2S. The molecule has 6 nitrogen and oxygen atoms in total. The number of rotatable bonds is 10. The van der Waals surface area contributed by atoms with E-state index in [0.717, 1.165) is 30.9 Å². The van der Waals surface area contributed by atoms with Gasteiger partial charge in [-0.3, -0.25) is 4.99 Å². The topological polar surface area (TPSA) is 65.0 Å². The van der Waals surface area contributed by atoms with Crippen LogP contribution in [0.4, 0.5) is 0 Å². The van der Waals surface area contributed by atoms with Gasteiger partial charge in [-0.15, -0.1) is 30.6 Å². The van der Waals surface area contributed by atoms with Crippen LogP contribution in [0.15, 0.2) is 46.8 Å². The molecule has 0 aliphatic rings. The summed E-state index contributed by atoms with van der Waals surface area (Å²) in [7, 11) is 3.46. The molecule has 0 saturated carbocycles. The highest BCUT2D eigenvalue weighted by Gasteiger charge is 2.16. The number of aliphatic imine (C=N–C) groups is 1. The monoisotopic (exact) mass is 508 g/mol. The van der Waals surface area contributed by atoms with Gasteiger partial charge in [-0.2, -0.15) is 0 Å². The predicted octanol–water partition coefficient (Wildman–Crippen LogP) is 3.31. The first kappa shape index (κ1) is 25.9. The van der Waals surface area contributed by atoms with Crippen molar-refractivity contribution in [2.75, 3.05) is 34.7 Å². The summed E-state index contributed by atoms with van der Waals surface area (Å²) < 4.78 is 25.4. The molecule has 1 aromatic rings. The first-order valence-corrected chi connectivity index (χ1v) is 10.3. The lowest BCUT2D eigenvalue weighted by atomic mass is 10.2. The number of hydrogen-bond acceptors (Lipinski definition) is 3. The smallest absolute Gasteiger partial charge is 0.242 e. The summed E-state index contributed by atoms with van der Waals surface area (Å²) in [5.74, 6) is 0.832. The van der Waals surface area contributed by atoms with Crippen LogP contribution >= 0.6 is 24.0 Å². The number of hydrogen-bond donors (Lipinski definition) is 1. The molecule has 0 spiro atoms. The van der Waals surface area contributed by atoms with Crippen molar-refractivity contribution >= 4 is 40.0 Å². The normalized spacial score (nSPS) is 11.8. The minimum atomic E-state index is -3.39. The van der Waals surface area contributed by atoms with Gasteiger partial charge in [-0.25, -0.2) is 12.7 Å². The zero-order valence-corrected chi connectivity index (χ0v) is 20.0. The molecule has 0 atom stereocenters. The van der Waals surface area contributed by atoms with Gasteiger partial charge in [0.2, 0.25) is 10.0 Å². The van der Waals surface area contributed by atoms with E-state index in [-0.39, 0.29) is 24.0 Å². The van der Waals surface area contributed by atoms with Crippen LogP contribution in [0, 0.1) is 0 Å². The van der Waals surface area contributed by atoms with Gasteiger partial charge < -0.3 is 10.2 Å². The molecule has 0 radical (unpaired) electrons. The van der Waals surface area contributed by atoms with Crippen LogP contribution in [0.3, 0.4) is 0 Å². The second-order valence-electron chi connectivity index (χ2n) is 6.39. The van der Waals surface area contributed by atoms with E-state index in [1.165, 1.54) is 31.2 Å². The van der Waals surface area contributed by atoms with E-state index in [1.54, 1.807) is 19.2 Å². The fourth-order valence-corrected chi connectivity index (χ4v) is 3.38. The van der Waals surface area contributed by atoms with Gasteiger partial charge >= 0.3 is 0 Å². The molecule has 0 bridgehead atoms. The molecular weight excluding hydrogens is 475 g/mol. The molecule has 1 N–H and O–H groups in total. The molecule has 8 heteroatoms. The highest BCUT2D eigenvalue weighted by molar-refractivity contribution is 14.0. The van der Waals surface area contributed by atoms with Crippen LogP contribution < -0.4 is 5.32 Å². The van der Waals surface area contributed by atoms with Gasteiger partial charge in [-0.05, 0) is 37.0 Å². The number of benzene rings is 1. The Bertz CT molecular complexity index is 688. The van der Waals surface area contributed by atoms with E-state index >= 15 is 0 Å². The fraction of sp³-hybridized carbons (Fsp3) is 0.526. The Balaban J connectivity index is 0.00000676. The van der Waals surface area contributed by atoms with E-state index in [2.05, 4.69) is 21.8 Å². The third kappa shape index (κ3) is 8.61. The van der Waals surface area contributed by atoms with Crippen LogP contribution in [0.5, 0.6) is 0 Å². The first-order valence-electron chi connectivity index (χ1n) is 8.87. The fourth-order valence-electron chi connectivity index (χ4n) is 2.48. The summed E-state index contributed by atoms with van der Waals surface area (Å²) in [5, 5.41) is 3.32. The lowest BCUT2D eigenvalue weighted by Crippen LogP contribution is -2.39. The van der Waals surface area contributed by atoms with E-state index in [4.69, 9.17) is 0 Å². The van der Waals surface area contributed by atoms with Crippen LogP contribution in [-0.4, -0.2) is 58.3 Å². The number of nitrogens with zero attached hydrogens (tertiary/aromatic N) is 3. The molecule has 154 valence electrons. The van der Waals surface area contributed by atoms with Crippen LogP contribution in [0.25, 0.3) is 0 Å². The van der Waals surface area contributed by atoms with Gasteiger partial charge in [0.1, 0.15) is 0 Å². The Hall–Kier alpha value is -1.13. The summed E-state index contributed by atoms with van der Waals surface area (Å²) in [6, 6.07) is 6.93. The lowest BCUT2D eigenvalue weighted by Gasteiger charge is -2.22. The average molecular weight is 508 g/mol. The molecule has 0 amide bonds. The summed E-state index contributed by atoms with van der Waals surface area (Å²) in [6.07, 6.45) is 6.48. The predicted molar refractivity (Wildman–Crippen MR) is 124 cm³/mol. The molecule has 1 aromatic carbocycles. The van der Waals surface area contributed by atoms with Crippen molar-refractivity contribution in [3.05, 3.63) is 42.5 Å². The third-order valence-corrected chi connectivity index (χ3v) is 5.96. The maximum atomic E-state index is 12.1. The maximum absolute atomic E-state index is 12.1. The Morgan fingerprint density at radius 1 is 1.15 bits per heavy atom. The number of sulfonamides is 1. The van der Waals surface area contributed by atoms with Gasteiger partial charge in [0.05, 0.1) is 4.90 Å². The largest absolute Gasteiger partial charge is 0.352 e. The molecule has 0 aliphatic carbocycles. The number of guanidine groups is 1. The summed E-state index contributed by atoms with van der Waals surface area (Å²) >= 11 is 0. The van der Waals surface area contributed by atoms with Gasteiger partial charge in [0.25, 0.3) is 0 Å². The molecule has 0 unspecified atom stereocenters. The van der Waals surface area contributed by atoms with E-state index < -0.39 is 10.0 Å². The molecule has 0 saturated heterocycles. The number of nitrogens with one attached hydrogen (secondary N) is 1. The quantitative estimate of drug-likeness (QED) is 0.173. The molecule has 0 aliphatic heterocycles. The van der Waals surface area contributed by atoms with Crippen molar-refractivity contribution in [3.8, 4) is 0 Å². The van der Waals surface area contributed by atoms with Gasteiger partial charge in [-0.1, -0.05) is 24.6 Å². The van der Waals surface area contributed by atoms with Crippen molar-refractivity contribution in [1.29, 1.82) is 0 Å². The Labute approximate surface area is 181 Å². The van der Waals surface area contributed by atoms with E-state index in [0.29, 0.717) is 11.4 Å². The van der Waals surface area contributed by atoms with Crippen molar-refractivity contribution in [1.82, 2.24) is 14.5 Å². The van der Waals surface area contributed by atoms with Crippen LogP contribution in [0.1, 0.15) is 31.2 Å². The number of unbranched alkanes of at least 4 members (excludes halogenated alkanes) is 3. The SMILES string of the molecule is C=CCCCCCN(C)C(=NC)NCc1ccc(S(=O)(=O)N(C)C)cc1.I. The molecule has 0 aromatic heterocycles. The van der Waals surface area contributed by atoms with Crippen molar-refractivity contribution < 1.29 is 8.42 Å². The van der Waals surface area contributed by atoms with Crippen LogP contribution in [0.2, 0.25) is 0 Å². The van der Waals surface area contributed by atoms with Crippen molar-refractivity contribution in [2.24, 2.45) is 4.99 Å². The second-order valence-corrected chi connectivity index (χ2v) is 8.54. The zero-order chi connectivity index (χ0) is 19.6. The molecule has 0 fully saturated rings. The Morgan fingerprint density at radius 2 is 1.78 bits per heavy atom. The van der Waals surface area contributed by atoms with E-state index in [1.807, 2.05) is 25.3 Å².